The number of carbonyl (C=O) groups is 1. The summed E-state index contributed by atoms with van der Waals surface area (Å²) in [5.74, 6) is -0.733. The van der Waals surface area contributed by atoms with E-state index in [4.69, 9.17) is 13.9 Å². The molecule has 0 aromatic rings. The molecule has 0 N–H and O–H groups in total. The third kappa shape index (κ3) is 4.37. The Balaban J connectivity index is 2.73. The van der Waals surface area contributed by atoms with Gasteiger partial charge in [0.05, 0.1) is 11.9 Å². The molecule has 1 rings (SSSR count). The zero-order chi connectivity index (χ0) is 15.8. The molecule has 0 unspecified atom stereocenters. The molecule has 0 spiro atoms. The van der Waals surface area contributed by atoms with E-state index in [1.54, 1.807) is 0 Å². The van der Waals surface area contributed by atoms with Crippen molar-refractivity contribution in [1.82, 2.24) is 0 Å². The van der Waals surface area contributed by atoms with Crippen LogP contribution in [0.4, 0.5) is 0 Å². The summed E-state index contributed by atoms with van der Waals surface area (Å²) in [6.07, 6.45) is -0.877. The number of hydrogen-bond acceptors (Lipinski definition) is 4. The van der Waals surface area contributed by atoms with Gasteiger partial charge in [-0.15, -0.1) is 0 Å². The van der Waals surface area contributed by atoms with Gasteiger partial charge in [-0.25, -0.2) is 0 Å². The molecule has 1 fully saturated rings. The first-order chi connectivity index (χ1) is 8.89. The largest absolute Gasteiger partial charge is 0.414 e. The Hall–Kier alpha value is 0.247. The number of carbonyl (C=O) groups excluding carboxylic acids is 1. The summed E-state index contributed by atoms with van der Waals surface area (Å²) in [6, 6.07) is 0. The number of alkyl halides is 1. The minimum absolute atomic E-state index is 0.000550. The second-order valence-corrected chi connectivity index (χ2v) is 12.6. The average molecular weight is 367 g/mol. The molecular weight excluding hydrogens is 340 g/mol. The van der Waals surface area contributed by atoms with Crippen molar-refractivity contribution in [2.45, 2.75) is 70.7 Å². The van der Waals surface area contributed by atoms with Gasteiger partial charge < -0.3 is 13.9 Å². The Bertz CT molecular complexity index is 363. The van der Waals surface area contributed by atoms with Crippen molar-refractivity contribution in [3.8, 4) is 0 Å². The number of hydrogen-bond donors (Lipinski definition) is 0. The third-order valence-corrected chi connectivity index (χ3v) is 9.10. The molecule has 6 heteroatoms. The minimum Gasteiger partial charge on any atom is -0.414 e. The van der Waals surface area contributed by atoms with Crippen LogP contribution in [0.5, 0.6) is 0 Å². The molecule has 2 atom stereocenters. The molecule has 1 heterocycles. The van der Waals surface area contributed by atoms with Crippen LogP contribution < -0.4 is 0 Å². The highest BCUT2D eigenvalue weighted by atomic mass is 79.9. The van der Waals surface area contributed by atoms with Gasteiger partial charge in [-0.1, -0.05) is 36.7 Å². The zero-order valence-corrected chi connectivity index (χ0v) is 16.2. The fourth-order valence-corrected chi connectivity index (χ4v) is 3.15. The van der Waals surface area contributed by atoms with Gasteiger partial charge in [-0.2, -0.15) is 0 Å². The van der Waals surface area contributed by atoms with Gasteiger partial charge >= 0.3 is 0 Å². The van der Waals surface area contributed by atoms with Crippen LogP contribution in [0.1, 0.15) is 34.6 Å². The van der Waals surface area contributed by atoms with Crippen LogP contribution in [0.3, 0.4) is 0 Å². The molecule has 1 saturated heterocycles. The fourth-order valence-electron chi connectivity index (χ4n) is 1.81. The van der Waals surface area contributed by atoms with Crippen LogP contribution >= 0.6 is 15.9 Å². The van der Waals surface area contributed by atoms with E-state index in [9.17, 15) is 4.79 Å². The van der Waals surface area contributed by atoms with Crippen LogP contribution in [-0.4, -0.2) is 44.0 Å². The van der Waals surface area contributed by atoms with Crippen LogP contribution in [0.15, 0.2) is 0 Å². The molecular formula is C14H27BrO4Si. The molecule has 0 bridgehead atoms. The summed E-state index contributed by atoms with van der Waals surface area (Å²) in [7, 11) is -1.85. The summed E-state index contributed by atoms with van der Waals surface area (Å²) in [5, 5.41) is 0.407. The number of rotatable bonds is 5. The first-order valence-electron chi connectivity index (χ1n) is 6.98. The zero-order valence-electron chi connectivity index (χ0n) is 13.6. The predicted molar refractivity (Wildman–Crippen MR) is 85.8 cm³/mol. The van der Waals surface area contributed by atoms with Crippen molar-refractivity contribution in [2.75, 3.05) is 11.9 Å². The van der Waals surface area contributed by atoms with E-state index in [1.807, 2.05) is 13.8 Å². The SMILES string of the molecule is CC1(C)O[C@@H](CO[Si](C)(C)C(C)(C)C)[C@H](C(=O)CBr)O1. The normalized spacial score (nSPS) is 26.8. The Kier molecular flexibility index (Phi) is 5.64. The maximum absolute atomic E-state index is 11.9. The molecule has 0 saturated carbocycles. The quantitative estimate of drug-likeness (QED) is 0.551. The van der Waals surface area contributed by atoms with E-state index < -0.39 is 20.2 Å². The highest BCUT2D eigenvalue weighted by molar-refractivity contribution is 9.09. The van der Waals surface area contributed by atoms with E-state index in [-0.39, 0.29) is 22.3 Å². The second-order valence-electron chi connectivity index (χ2n) is 7.27. The molecule has 0 aliphatic carbocycles. The van der Waals surface area contributed by atoms with Crippen molar-refractivity contribution < 1.29 is 18.7 Å². The highest BCUT2D eigenvalue weighted by Gasteiger charge is 2.46. The monoisotopic (exact) mass is 366 g/mol. The molecule has 0 radical (unpaired) electrons. The van der Waals surface area contributed by atoms with Gasteiger partial charge in [-0.05, 0) is 32.0 Å². The maximum atomic E-state index is 11.9. The van der Waals surface area contributed by atoms with E-state index in [0.717, 1.165) is 0 Å². The van der Waals surface area contributed by atoms with Gasteiger partial charge in [0.1, 0.15) is 12.2 Å². The van der Waals surface area contributed by atoms with E-state index in [1.165, 1.54) is 0 Å². The summed E-state index contributed by atoms with van der Waals surface area (Å²) < 4.78 is 17.7. The predicted octanol–water partition coefficient (Wildman–Crippen LogP) is 3.49. The fraction of sp³-hybridized carbons (Fsp3) is 0.929. The summed E-state index contributed by atoms with van der Waals surface area (Å²) in [5.41, 5.74) is 0. The van der Waals surface area contributed by atoms with Crippen molar-refractivity contribution in [3.05, 3.63) is 0 Å². The van der Waals surface area contributed by atoms with Crippen molar-refractivity contribution in [2.24, 2.45) is 0 Å². The van der Waals surface area contributed by atoms with Gasteiger partial charge in [0.2, 0.25) is 0 Å². The van der Waals surface area contributed by atoms with Gasteiger partial charge in [0.25, 0.3) is 0 Å². The number of ketones is 1. The van der Waals surface area contributed by atoms with Crippen molar-refractivity contribution in [3.63, 3.8) is 0 Å². The molecule has 0 amide bonds. The van der Waals surface area contributed by atoms with Gasteiger partial charge in [-0.3, -0.25) is 4.79 Å². The van der Waals surface area contributed by atoms with Crippen LogP contribution in [-0.2, 0) is 18.7 Å². The summed E-state index contributed by atoms with van der Waals surface area (Å²) >= 11 is 3.19. The molecule has 118 valence electrons. The van der Waals surface area contributed by atoms with E-state index in [0.29, 0.717) is 6.61 Å². The van der Waals surface area contributed by atoms with Gasteiger partial charge in [0.15, 0.2) is 19.9 Å². The van der Waals surface area contributed by atoms with E-state index in [2.05, 4.69) is 49.8 Å². The summed E-state index contributed by atoms with van der Waals surface area (Å²) in [4.78, 5) is 11.9. The lowest BCUT2D eigenvalue weighted by atomic mass is 10.1. The molecule has 20 heavy (non-hydrogen) atoms. The van der Waals surface area contributed by atoms with Gasteiger partial charge in [0, 0.05) is 0 Å². The van der Waals surface area contributed by atoms with Crippen LogP contribution in [0.2, 0.25) is 18.1 Å². The lowest BCUT2D eigenvalue weighted by Crippen LogP contribution is -2.45. The average Bonchev–Trinajstić information content (AvgIpc) is 2.59. The molecule has 0 aromatic heterocycles. The topological polar surface area (TPSA) is 44.8 Å². The Morgan fingerprint density at radius 3 is 2.30 bits per heavy atom. The second kappa shape index (κ2) is 6.16. The number of halogens is 1. The van der Waals surface area contributed by atoms with Crippen molar-refractivity contribution in [1.29, 1.82) is 0 Å². The summed E-state index contributed by atoms with van der Waals surface area (Å²) in [6.45, 7) is 15.0. The third-order valence-electron chi connectivity index (χ3n) is 4.05. The smallest absolute Gasteiger partial charge is 0.192 e. The lowest BCUT2D eigenvalue weighted by Gasteiger charge is -2.37. The highest BCUT2D eigenvalue weighted by Crippen LogP contribution is 2.37. The lowest BCUT2D eigenvalue weighted by molar-refractivity contribution is -0.154. The molecule has 1 aliphatic rings. The number of ether oxygens (including phenoxy) is 2. The Morgan fingerprint density at radius 1 is 1.30 bits per heavy atom. The van der Waals surface area contributed by atoms with Crippen LogP contribution in [0, 0.1) is 0 Å². The minimum atomic E-state index is -1.85. The molecule has 1 aliphatic heterocycles. The van der Waals surface area contributed by atoms with Crippen LogP contribution in [0.25, 0.3) is 0 Å². The first-order valence-corrected chi connectivity index (χ1v) is 11.0. The first kappa shape index (κ1) is 18.3. The number of Topliss-reactive ketones (excluding diaryl/α,β-unsaturated/α-hetero) is 1. The van der Waals surface area contributed by atoms with Crippen molar-refractivity contribution >= 4 is 30.0 Å². The Labute approximate surface area is 131 Å². The Morgan fingerprint density at radius 2 is 1.85 bits per heavy atom. The maximum Gasteiger partial charge on any atom is 0.192 e. The van der Waals surface area contributed by atoms with E-state index >= 15 is 0 Å². The standard InChI is InChI=1S/C14H27BrO4Si/c1-13(2,3)20(6,7)17-9-11-12(10(16)8-15)19-14(4,5)18-11/h11-12H,8-9H2,1-7H3/t11-,12-/m0/s1. The molecule has 0 aromatic carbocycles. The molecule has 4 nitrogen and oxygen atoms in total.